The number of nitrogens with one attached hydrogen (secondary N) is 1. The van der Waals surface area contributed by atoms with Crippen LogP contribution in [0.25, 0.3) is 0 Å². The zero-order chi connectivity index (χ0) is 24.8. The Morgan fingerprint density at radius 1 is 1.03 bits per heavy atom. The molecule has 1 atom stereocenters. The Balaban J connectivity index is 2.43. The largest absolute Gasteiger partial charge is 0.352 e. The molecular weight excluding hydrogens is 452 g/mol. The molecule has 0 spiro atoms. The second kappa shape index (κ2) is 11.2. The van der Waals surface area contributed by atoms with Crippen LogP contribution >= 0.6 is 0 Å². The van der Waals surface area contributed by atoms with Gasteiger partial charge < -0.3 is 10.2 Å². The highest BCUT2D eigenvalue weighted by atomic mass is 32.2. The van der Waals surface area contributed by atoms with E-state index in [0.29, 0.717) is 5.56 Å². The third-order valence-corrected chi connectivity index (χ3v) is 6.00. The van der Waals surface area contributed by atoms with E-state index in [1.165, 1.54) is 41.3 Å². The number of hydrogen-bond donors (Lipinski definition) is 1. The molecule has 0 aliphatic rings. The molecule has 10 heteroatoms. The van der Waals surface area contributed by atoms with E-state index >= 15 is 0 Å². The standard InChI is InChI=1S/C23H29F2N3O4S/c1-5-21(23(30)26-16(2)3)27(14-17-9-11-18(24)12-10-17)22(29)15-28(33(4,31)32)20-8-6-7-19(25)13-20/h6-13,16,21H,5,14-15H2,1-4H3,(H,26,30). The predicted octanol–water partition coefficient (Wildman–Crippen LogP) is 3.06. The minimum absolute atomic E-state index is 0.00716. The lowest BCUT2D eigenvalue weighted by atomic mass is 10.1. The van der Waals surface area contributed by atoms with E-state index in [9.17, 15) is 26.8 Å². The number of sulfonamides is 1. The summed E-state index contributed by atoms with van der Waals surface area (Å²) in [7, 11) is -3.94. The fourth-order valence-electron chi connectivity index (χ4n) is 3.33. The fraction of sp³-hybridized carbons (Fsp3) is 0.391. The van der Waals surface area contributed by atoms with Crippen LogP contribution in [0.5, 0.6) is 0 Å². The number of anilines is 1. The summed E-state index contributed by atoms with van der Waals surface area (Å²) in [6, 6.07) is 9.29. The smallest absolute Gasteiger partial charge is 0.244 e. The molecule has 2 amide bonds. The van der Waals surface area contributed by atoms with Gasteiger partial charge in [-0.25, -0.2) is 17.2 Å². The summed E-state index contributed by atoms with van der Waals surface area (Å²) in [5, 5.41) is 2.77. The Labute approximate surface area is 193 Å². The number of amides is 2. The third-order valence-electron chi connectivity index (χ3n) is 4.86. The number of rotatable bonds is 10. The Morgan fingerprint density at radius 3 is 2.18 bits per heavy atom. The van der Waals surface area contributed by atoms with Crippen LogP contribution < -0.4 is 9.62 Å². The summed E-state index contributed by atoms with van der Waals surface area (Å²) < 4.78 is 52.7. The van der Waals surface area contributed by atoms with Crippen LogP contribution in [0.2, 0.25) is 0 Å². The highest BCUT2D eigenvalue weighted by molar-refractivity contribution is 7.92. The van der Waals surface area contributed by atoms with Crippen molar-refractivity contribution < 1.29 is 26.8 Å². The summed E-state index contributed by atoms with van der Waals surface area (Å²) in [6.07, 6.45) is 1.18. The molecule has 1 N–H and O–H groups in total. The lowest BCUT2D eigenvalue weighted by Gasteiger charge is -2.33. The van der Waals surface area contributed by atoms with Crippen LogP contribution in [0.1, 0.15) is 32.8 Å². The molecule has 180 valence electrons. The average molecular weight is 482 g/mol. The van der Waals surface area contributed by atoms with E-state index in [0.717, 1.165) is 22.7 Å². The molecule has 0 heterocycles. The molecule has 1 unspecified atom stereocenters. The molecular formula is C23H29F2N3O4S. The maximum Gasteiger partial charge on any atom is 0.244 e. The summed E-state index contributed by atoms with van der Waals surface area (Å²) in [5.74, 6) is -2.14. The van der Waals surface area contributed by atoms with Gasteiger partial charge in [0.2, 0.25) is 21.8 Å². The van der Waals surface area contributed by atoms with Gasteiger partial charge in [0.25, 0.3) is 0 Å². The van der Waals surface area contributed by atoms with E-state index in [1.54, 1.807) is 20.8 Å². The van der Waals surface area contributed by atoms with E-state index in [4.69, 9.17) is 0 Å². The van der Waals surface area contributed by atoms with E-state index in [2.05, 4.69) is 5.32 Å². The normalized spacial score (nSPS) is 12.3. The van der Waals surface area contributed by atoms with Crippen molar-refractivity contribution in [1.82, 2.24) is 10.2 Å². The molecule has 0 radical (unpaired) electrons. The zero-order valence-corrected chi connectivity index (χ0v) is 19.9. The van der Waals surface area contributed by atoms with Crippen LogP contribution in [-0.4, -0.2) is 50.0 Å². The molecule has 0 bridgehead atoms. The van der Waals surface area contributed by atoms with Gasteiger partial charge in [-0.15, -0.1) is 0 Å². The van der Waals surface area contributed by atoms with Gasteiger partial charge in [0.15, 0.2) is 0 Å². The second-order valence-electron chi connectivity index (χ2n) is 7.98. The molecule has 0 aliphatic carbocycles. The average Bonchev–Trinajstić information content (AvgIpc) is 2.71. The predicted molar refractivity (Wildman–Crippen MR) is 123 cm³/mol. The van der Waals surface area contributed by atoms with Crippen molar-refractivity contribution in [2.75, 3.05) is 17.1 Å². The van der Waals surface area contributed by atoms with Crippen molar-refractivity contribution in [3.63, 3.8) is 0 Å². The second-order valence-corrected chi connectivity index (χ2v) is 9.89. The molecule has 2 aromatic rings. The number of carbonyl (C=O) groups excluding carboxylic acids is 2. The number of nitrogens with zero attached hydrogens (tertiary/aromatic N) is 2. The quantitative estimate of drug-likeness (QED) is 0.565. The van der Waals surface area contributed by atoms with Gasteiger partial charge in [-0.1, -0.05) is 25.1 Å². The summed E-state index contributed by atoms with van der Waals surface area (Å²) in [4.78, 5) is 27.5. The first kappa shape index (κ1) is 26.2. The fourth-order valence-corrected chi connectivity index (χ4v) is 4.17. The van der Waals surface area contributed by atoms with Gasteiger partial charge >= 0.3 is 0 Å². The summed E-state index contributed by atoms with van der Waals surface area (Å²) in [5.41, 5.74) is 0.560. The van der Waals surface area contributed by atoms with Crippen LogP contribution in [0.3, 0.4) is 0 Å². The van der Waals surface area contributed by atoms with Gasteiger partial charge in [-0.3, -0.25) is 13.9 Å². The minimum atomic E-state index is -3.94. The monoisotopic (exact) mass is 481 g/mol. The van der Waals surface area contributed by atoms with Crippen molar-refractivity contribution >= 4 is 27.5 Å². The highest BCUT2D eigenvalue weighted by Gasteiger charge is 2.32. The molecule has 0 aromatic heterocycles. The zero-order valence-electron chi connectivity index (χ0n) is 19.1. The van der Waals surface area contributed by atoms with Crippen molar-refractivity contribution in [3.8, 4) is 0 Å². The first-order valence-corrected chi connectivity index (χ1v) is 12.3. The molecule has 0 fully saturated rings. The molecule has 7 nitrogen and oxygen atoms in total. The van der Waals surface area contributed by atoms with Crippen LogP contribution in [0.4, 0.5) is 14.5 Å². The van der Waals surface area contributed by atoms with Gasteiger partial charge in [-0.2, -0.15) is 0 Å². The molecule has 0 aliphatic heterocycles. The van der Waals surface area contributed by atoms with Gasteiger partial charge in [0.05, 0.1) is 11.9 Å². The molecule has 0 saturated heterocycles. The van der Waals surface area contributed by atoms with Gasteiger partial charge in [0.1, 0.15) is 24.2 Å². The lowest BCUT2D eigenvalue weighted by molar-refractivity contribution is -0.140. The Morgan fingerprint density at radius 2 is 1.67 bits per heavy atom. The van der Waals surface area contributed by atoms with E-state index < -0.39 is 40.2 Å². The van der Waals surface area contributed by atoms with Gasteiger partial charge in [-0.05, 0) is 56.2 Å². The summed E-state index contributed by atoms with van der Waals surface area (Å²) in [6.45, 7) is 4.63. The Hall–Kier alpha value is -3.01. The minimum Gasteiger partial charge on any atom is -0.352 e. The molecule has 33 heavy (non-hydrogen) atoms. The Bertz CT molecular complexity index is 1080. The number of hydrogen-bond acceptors (Lipinski definition) is 4. The van der Waals surface area contributed by atoms with E-state index in [1.807, 2.05) is 0 Å². The van der Waals surface area contributed by atoms with Gasteiger partial charge in [0, 0.05) is 12.6 Å². The number of halogens is 2. The van der Waals surface area contributed by atoms with Crippen LogP contribution in [0, 0.1) is 11.6 Å². The lowest BCUT2D eigenvalue weighted by Crippen LogP contribution is -2.53. The Kier molecular flexibility index (Phi) is 8.92. The highest BCUT2D eigenvalue weighted by Crippen LogP contribution is 2.20. The van der Waals surface area contributed by atoms with Crippen molar-refractivity contribution in [3.05, 3.63) is 65.7 Å². The first-order valence-electron chi connectivity index (χ1n) is 10.5. The van der Waals surface area contributed by atoms with Crippen LogP contribution in [0.15, 0.2) is 48.5 Å². The maximum atomic E-state index is 13.7. The SMILES string of the molecule is CCC(C(=O)NC(C)C)N(Cc1ccc(F)cc1)C(=O)CN(c1cccc(F)c1)S(C)(=O)=O. The molecule has 0 saturated carbocycles. The van der Waals surface area contributed by atoms with E-state index in [-0.39, 0.29) is 30.6 Å². The first-order chi connectivity index (χ1) is 15.4. The maximum absolute atomic E-state index is 13.7. The third kappa shape index (κ3) is 7.52. The topological polar surface area (TPSA) is 86.8 Å². The molecule has 2 aromatic carbocycles. The summed E-state index contributed by atoms with van der Waals surface area (Å²) >= 11 is 0. The van der Waals surface area contributed by atoms with Crippen molar-refractivity contribution in [1.29, 1.82) is 0 Å². The van der Waals surface area contributed by atoms with Crippen molar-refractivity contribution in [2.45, 2.75) is 45.8 Å². The number of carbonyl (C=O) groups is 2. The molecule has 2 rings (SSSR count). The number of benzene rings is 2. The van der Waals surface area contributed by atoms with Crippen LogP contribution in [-0.2, 0) is 26.2 Å². The van der Waals surface area contributed by atoms with Crippen molar-refractivity contribution in [2.24, 2.45) is 0 Å².